The lowest BCUT2D eigenvalue weighted by Gasteiger charge is -2.13. The van der Waals surface area contributed by atoms with Crippen LogP contribution in [0.5, 0.6) is 0 Å². The summed E-state index contributed by atoms with van der Waals surface area (Å²) in [6.07, 6.45) is 0. The van der Waals surface area contributed by atoms with Crippen LogP contribution in [-0.4, -0.2) is 13.7 Å². The fraction of sp³-hybridized carbons (Fsp3) is 0. The molecule has 0 N–H and O–H groups in total. The quantitative estimate of drug-likeness (QED) is 0.166. The van der Waals surface area contributed by atoms with Gasteiger partial charge in [-0.1, -0.05) is 145 Å². The first-order chi connectivity index (χ1) is 41.2. The van der Waals surface area contributed by atoms with Gasteiger partial charge in [0.2, 0.25) is 0 Å². The minimum absolute atomic E-state index is 0.154. The van der Waals surface area contributed by atoms with Crippen molar-refractivity contribution in [3.63, 3.8) is 0 Å². The first-order valence-corrected chi connectivity index (χ1v) is 17.1. The molecule has 3 heterocycles. The monoisotopic (exact) mass is 756 g/mol. The summed E-state index contributed by atoms with van der Waals surface area (Å²) in [5.41, 5.74) is -7.17. The molecule has 57 heavy (non-hydrogen) atoms. The van der Waals surface area contributed by atoms with Crippen molar-refractivity contribution < 1.29 is 42.5 Å². The van der Waals surface area contributed by atoms with E-state index in [1.165, 1.54) is 24.3 Å². The van der Waals surface area contributed by atoms with E-state index in [9.17, 15) is 17.8 Å². The lowest BCUT2D eigenvalue weighted by Crippen LogP contribution is -1.98. The SMILES string of the molecule is [2H]c1c([2H])c([2H])c(-c2c([2H])c([2H])c([2H])c(-c3cccc(-n4c5c([2H])c([2H])c([2H])c([2H])c5c5c([2H])c([2H])c(-n6c7c([2H])c([2H])c([2H])c([2H])c7c7c(-n8c9c([2H])c([2H])c([2H])c([2H])c9c9c([2H])c([2H])c([2H])c([2H])c98)c([2H])c([2H])c([2H])c76)c([2H])c54)c3)c2[2H])c([2H])c1[2H]. The van der Waals surface area contributed by atoms with Crippen LogP contribution in [0.25, 0.3) is 105 Å². The largest absolute Gasteiger partial charge is 0.309 e. The average molecular weight is 757 g/mol. The summed E-state index contributed by atoms with van der Waals surface area (Å²) in [5, 5.41) is -3.15. The Bertz CT molecular complexity index is 5240. The van der Waals surface area contributed by atoms with Crippen molar-refractivity contribution in [3.05, 3.63) is 212 Å². The van der Waals surface area contributed by atoms with Crippen LogP contribution in [0, 0.1) is 0 Å². The van der Waals surface area contributed by atoms with Crippen LogP contribution in [0.1, 0.15) is 42.5 Å². The molecule has 0 atom stereocenters. The van der Waals surface area contributed by atoms with Gasteiger partial charge in [-0.05, 0) is 88.8 Å². The van der Waals surface area contributed by atoms with Crippen LogP contribution >= 0.6 is 0 Å². The Kier molecular flexibility index (Phi) is 3.02. The fourth-order valence-electron chi connectivity index (χ4n) is 7.25. The Morgan fingerprint density at radius 2 is 0.825 bits per heavy atom. The minimum atomic E-state index is -1.04. The maximum atomic E-state index is 10.4. The van der Waals surface area contributed by atoms with Crippen molar-refractivity contribution >= 4 is 65.4 Å². The molecule has 0 amide bonds. The van der Waals surface area contributed by atoms with E-state index in [1.807, 2.05) is 0 Å². The average Bonchev–Trinajstić information content (AvgIpc) is 1.52. The summed E-state index contributed by atoms with van der Waals surface area (Å²) in [5.74, 6) is 0. The molecule has 0 radical (unpaired) electrons. The predicted octanol–water partition coefficient (Wildman–Crippen LogP) is 14.3. The summed E-state index contributed by atoms with van der Waals surface area (Å²) in [6.45, 7) is 0. The molecule has 0 aliphatic rings. The van der Waals surface area contributed by atoms with Gasteiger partial charge in [-0.25, -0.2) is 0 Å². The number of para-hydroxylation sites is 4. The van der Waals surface area contributed by atoms with E-state index < -0.39 is 281 Å². The smallest absolute Gasteiger partial charge is 0.0667 e. The Labute approximate surface area is 373 Å². The van der Waals surface area contributed by atoms with Gasteiger partial charge in [0.1, 0.15) is 0 Å². The topological polar surface area (TPSA) is 14.8 Å². The summed E-state index contributed by atoms with van der Waals surface area (Å²) >= 11 is 0. The third kappa shape index (κ3) is 4.79. The van der Waals surface area contributed by atoms with Crippen molar-refractivity contribution in [2.24, 2.45) is 0 Å². The Morgan fingerprint density at radius 1 is 0.316 bits per heavy atom. The second-order valence-corrected chi connectivity index (χ2v) is 12.6. The molecular weight excluding hydrogens is 691 g/mol. The maximum Gasteiger partial charge on any atom is 0.0667 e. The summed E-state index contributed by atoms with van der Waals surface area (Å²) in [7, 11) is 0. The van der Waals surface area contributed by atoms with Crippen LogP contribution in [0.2, 0.25) is 0 Å². The number of fused-ring (bicyclic) bond motifs is 9. The number of hydrogen-bond acceptors (Lipinski definition) is 0. The molecule has 3 heteroatoms. The third-order valence-electron chi connectivity index (χ3n) is 9.59. The van der Waals surface area contributed by atoms with E-state index in [-0.39, 0.29) is 11.3 Å². The fourth-order valence-corrected chi connectivity index (χ4v) is 7.25. The molecule has 0 saturated heterocycles. The van der Waals surface area contributed by atoms with E-state index in [0.29, 0.717) is 0 Å². The lowest BCUT2D eigenvalue weighted by molar-refractivity contribution is 1.15. The predicted molar refractivity (Wildman–Crippen MR) is 240 cm³/mol. The van der Waals surface area contributed by atoms with Crippen LogP contribution in [-0.2, 0) is 0 Å². The van der Waals surface area contributed by atoms with Crippen LogP contribution in [0.15, 0.2) is 212 Å². The molecule has 0 fully saturated rings. The van der Waals surface area contributed by atoms with Crippen molar-refractivity contribution in [2.75, 3.05) is 0 Å². The zero-order chi connectivity index (χ0) is 64.4. The van der Waals surface area contributed by atoms with E-state index in [0.717, 1.165) is 13.7 Å². The normalized spacial score (nSPS) is 19.5. The summed E-state index contributed by atoms with van der Waals surface area (Å²) in [6, 6.07) is -21.7. The van der Waals surface area contributed by atoms with Gasteiger partial charge in [0.15, 0.2) is 0 Å². The number of aromatic nitrogens is 3. The first-order valence-electron chi connectivity index (χ1n) is 32.6. The van der Waals surface area contributed by atoms with Gasteiger partial charge in [0, 0.05) is 43.7 Å². The summed E-state index contributed by atoms with van der Waals surface area (Å²) in [4.78, 5) is 0. The van der Waals surface area contributed by atoms with Gasteiger partial charge in [0.25, 0.3) is 0 Å². The molecule has 0 bridgehead atoms. The number of nitrogens with zero attached hydrogens (tertiary/aromatic N) is 3. The standard InChI is InChI=1S/C54H35N3/c1-2-15-36(16-3-1)37-17-12-18-38(33-37)39-19-13-20-40(34-39)56-47-25-8-4-23-44(47)45-32-31-41(35-53(45)56)55-50-28-11-7-24-46(50)54-51(55)29-14-30-52(54)57-48-26-9-5-21-42(48)43-22-6-10-27-49(43)57/h1-35H/i1D,2D,3D,4D,5D,6D,7D,8D,9D,10D,11D,12D,14D,15D,16D,17D,18D,21D,22D,23D,24D,25D,26D,27D,28D,29D,30D,31D,32D,33D,35D. The highest BCUT2D eigenvalue weighted by molar-refractivity contribution is 6.17. The van der Waals surface area contributed by atoms with Gasteiger partial charge >= 0.3 is 0 Å². The minimum Gasteiger partial charge on any atom is -0.309 e. The molecule has 3 aromatic heterocycles. The Hall–Kier alpha value is -7.62. The van der Waals surface area contributed by atoms with Crippen molar-refractivity contribution in [3.8, 4) is 39.3 Å². The van der Waals surface area contributed by atoms with Gasteiger partial charge in [0.05, 0.1) is 81.3 Å². The maximum absolute atomic E-state index is 10.4. The highest BCUT2D eigenvalue weighted by Crippen LogP contribution is 2.41. The van der Waals surface area contributed by atoms with Gasteiger partial charge in [-0.3, -0.25) is 0 Å². The molecule has 12 rings (SSSR count). The van der Waals surface area contributed by atoms with E-state index in [1.54, 1.807) is 0 Å². The molecule has 12 aromatic rings. The molecule has 266 valence electrons. The van der Waals surface area contributed by atoms with Crippen molar-refractivity contribution in [1.29, 1.82) is 0 Å². The van der Waals surface area contributed by atoms with Crippen LogP contribution in [0.4, 0.5) is 0 Å². The second kappa shape index (κ2) is 12.5. The second-order valence-electron chi connectivity index (χ2n) is 12.6. The number of benzene rings is 9. The lowest BCUT2D eigenvalue weighted by atomic mass is 9.99. The Balaban J connectivity index is 1.28. The van der Waals surface area contributed by atoms with Gasteiger partial charge in [-0.15, -0.1) is 0 Å². The highest BCUT2D eigenvalue weighted by atomic mass is 15.0. The number of rotatable bonds is 5. The van der Waals surface area contributed by atoms with Crippen molar-refractivity contribution in [2.45, 2.75) is 0 Å². The molecule has 0 unspecified atom stereocenters. The van der Waals surface area contributed by atoms with Crippen molar-refractivity contribution in [1.82, 2.24) is 13.7 Å². The summed E-state index contributed by atoms with van der Waals surface area (Å²) < 4.78 is 284. The Morgan fingerprint density at radius 3 is 1.53 bits per heavy atom. The zero-order valence-corrected chi connectivity index (χ0v) is 28.7. The van der Waals surface area contributed by atoms with Gasteiger partial charge < -0.3 is 13.7 Å². The van der Waals surface area contributed by atoms with E-state index in [2.05, 4.69) is 0 Å². The van der Waals surface area contributed by atoms with E-state index in [4.69, 9.17) is 24.7 Å². The zero-order valence-electron chi connectivity index (χ0n) is 59.7. The molecule has 0 aliphatic carbocycles. The highest BCUT2D eigenvalue weighted by Gasteiger charge is 2.21. The molecular formula is C54H35N3. The molecule has 0 saturated carbocycles. The number of hydrogen-bond donors (Lipinski definition) is 0. The van der Waals surface area contributed by atoms with Gasteiger partial charge in [-0.2, -0.15) is 0 Å². The first kappa shape index (κ1) is 13.8. The molecule has 0 aliphatic heterocycles. The van der Waals surface area contributed by atoms with Crippen LogP contribution < -0.4 is 0 Å². The molecule has 9 aromatic carbocycles. The molecule has 0 spiro atoms. The van der Waals surface area contributed by atoms with E-state index >= 15 is 0 Å². The third-order valence-corrected chi connectivity index (χ3v) is 9.59. The van der Waals surface area contributed by atoms with Crippen LogP contribution in [0.3, 0.4) is 0 Å². The molecule has 3 nitrogen and oxygen atoms in total.